The van der Waals surface area contributed by atoms with Crippen LogP contribution in [-0.2, 0) is 36.6 Å². The lowest BCUT2D eigenvalue weighted by Crippen LogP contribution is -2.54. The van der Waals surface area contributed by atoms with Crippen molar-refractivity contribution >= 4 is 45.8 Å². The van der Waals surface area contributed by atoms with Crippen molar-refractivity contribution in [2.45, 2.75) is 122 Å². The molecule has 5 aromatic rings. The largest absolute Gasteiger partial charge is 0.453 e. The number of nitrogens with one attached hydrogen (secondary N) is 4. The van der Waals surface area contributed by atoms with Crippen LogP contribution in [0.15, 0.2) is 48.7 Å². The number of hydrogen-bond acceptors (Lipinski definition) is 9. The maximum Gasteiger partial charge on any atom is 0.407 e. The molecule has 3 fully saturated rings. The highest BCUT2D eigenvalue weighted by atomic mass is 16.5. The van der Waals surface area contributed by atoms with Gasteiger partial charge in [0.05, 0.1) is 49.2 Å². The molecule has 0 bridgehead atoms. The van der Waals surface area contributed by atoms with E-state index in [0.29, 0.717) is 26.1 Å². The summed E-state index contributed by atoms with van der Waals surface area (Å²) >= 11 is 0. The fraction of sp³-hybridized carbons (Fsp3) is 0.510. The van der Waals surface area contributed by atoms with E-state index in [1.165, 1.54) is 30.9 Å². The number of aromatic amines is 2. The first kappa shape index (κ1) is 43.3. The molecule has 3 saturated heterocycles. The first-order valence-electron chi connectivity index (χ1n) is 23.0. The van der Waals surface area contributed by atoms with Gasteiger partial charge in [0.1, 0.15) is 23.7 Å². The molecule has 64 heavy (non-hydrogen) atoms. The number of carbonyl (C=O) groups excluding carboxylic acids is 4. The lowest BCUT2D eigenvalue weighted by molar-refractivity contribution is -0.139. The summed E-state index contributed by atoms with van der Waals surface area (Å²) in [6.07, 6.45) is 8.26. The minimum atomic E-state index is -0.713. The molecular weight excluding hydrogens is 813 g/mol. The molecule has 1 aliphatic carbocycles. The highest BCUT2D eigenvalue weighted by Gasteiger charge is 2.44. The molecule has 338 valence electrons. The smallest absolute Gasteiger partial charge is 0.407 e. The van der Waals surface area contributed by atoms with Gasteiger partial charge in [-0.25, -0.2) is 19.6 Å². The van der Waals surface area contributed by atoms with E-state index in [2.05, 4.69) is 76.9 Å². The van der Waals surface area contributed by atoms with Gasteiger partial charge in [0.15, 0.2) is 0 Å². The predicted octanol–water partition coefficient (Wildman–Crippen LogP) is 7.90. The minimum absolute atomic E-state index is 0.00943. The summed E-state index contributed by atoms with van der Waals surface area (Å²) < 4.78 is 15.3. The van der Waals surface area contributed by atoms with Crippen molar-refractivity contribution in [3.05, 3.63) is 71.4 Å². The number of H-pyrrole nitrogens is 2. The molecule has 0 unspecified atom stereocenters. The van der Waals surface area contributed by atoms with Gasteiger partial charge in [-0.3, -0.25) is 9.59 Å². The SMILES string of the molecule is COC(=O)N[C@H](C(=O)N1[C@@H](C)CC[C@H]1c1nc2c(ccc3cc(-c4ccc(-c5cnc([C@@H]6CC[C@H](C)N6C(=O)[C@@H](NC(=O)OC)C6CCOCC6)[nH]5)c5c4CCC5)ccc32)[nH]1)C(C)C. The van der Waals surface area contributed by atoms with Gasteiger partial charge >= 0.3 is 12.2 Å². The Bertz CT molecular complexity index is 2580. The number of ether oxygens (including phenoxy) is 3. The molecule has 2 aromatic heterocycles. The van der Waals surface area contributed by atoms with Crippen LogP contribution in [-0.4, -0.2) is 105 Å². The number of benzene rings is 3. The van der Waals surface area contributed by atoms with Gasteiger partial charge in [-0.05, 0) is 123 Å². The molecule has 0 radical (unpaired) electrons. The van der Waals surface area contributed by atoms with Gasteiger partial charge < -0.3 is 44.6 Å². The molecule has 6 atom stereocenters. The molecule has 15 heteroatoms. The van der Waals surface area contributed by atoms with Crippen molar-refractivity contribution in [1.82, 2.24) is 40.4 Å². The standard InChI is InChI=1S/C49H60N8O7/c1-26(2)41(54-48(60)62-5)46(58)57-28(4)11-19-40(57)45-51-37-17-13-31-24-30(12-14-33(31)43(37)53-45)32-15-16-36(35-9-7-8-34(32)35)38-25-50-44(52-38)39-18-10-27(3)56(39)47(59)42(55-49(61)63-6)29-20-22-64-23-21-29/h12-17,24-29,39-42H,7-11,18-23H2,1-6H3,(H,50,52)(H,51,53)(H,54,60)(H,55,61)/t27-,28-,39-,40-,41-,42-/m0/s1. The van der Waals surface area contributed by atoms with E-state index < -0.39 is 24.3 Å². The van der Waals surface area contributed by atoms with Crippen LogP contribution in [0.3, 0.4) is 0 Å². The Labute approximate surface area is 373 Å². The lowest BCUT2D eigenvalue weighted by atomic mass is 9.90. The Kier molecular flexibility index (Phi) is 12.1. The fourth-order valence-corrected chi connectivity index (χ4v) is 10.9. The fourth-order valence-electron chi connectivity index (χ4n) is 10.9. The Morgan fingerprint density at radius 1 is 0.766 bits per heavy atom. The van der Waals surface area contributed by atoms with Gasteiger partial charge in [-0.1, -0.05) is 44.2 Å². The van der Waals surface area contributed by atoms with Gasteiger partial charge in [0, 0.05) is 36.2 Å². The van der Waals surface area contributed by atoms with Crippen LogP contribution in [0.1, 0.15) is 108 Å². The Hall–Kier alpha value is -5.96. The third-order valence-corrected chi connectivity index (χ3v) is 14.3. The molecule has 4 aliphatic rings. The van der Waals surface area contributed by atoms with Crippen LogP contribution in [0.5, 0.6) is 0 Å². The molecule has 15 nitrogen and oxygen atoms in total. The van der Waals surface area contributed by atoms with E-state index in [-0.39, 0.29) is 47.8 Å². The molecule has 4 amide bonds. The average Bonchev–Trinajstić information content (AvgIpc) is 4.17. The number of amides is 4. The third kappa shape index (κ3) is 7.96. The van der Waals surface area contributed by atoms with Crippen molar-refractivity contribution in [2.75, 3.05) is 27.4 Å². The number of rotatable bonds is 10. The summed E-state index contributed by atoms with van der Waals surface area (Å²) in [5.41, 5.74) is 8.87. The average molecular weight is 873 g/mol. The number of likely N-dealkylation sites (tertiary alicyclic amines) is 2. The summed E-state index contributed by atoms with van der Waals surface area (Å²) in [6.45, 7) is 9.08. The molecule has 9 rings (SSSR count). The van der Waals surface area contributed by atoms with E-state index in [1.807, 2.05) is 29.8 Å². The van der Waals surface area contributed by atoms with Crippen LogP contribution in [0, 0.1) is 11.8 Å². The van der Waals surface area contributed by atoms with Crippen molar-refractivity contribution in [1.29, 1.82) is 0 Å². The minimum Gasteiger partial charge on any atom is -0.453 e. The van der Waals surface area contributed by atoms with Crippen LogP contribution in [0.25, 0.3) is 44.2 Å². The van der Waals surface area contributed by atoms with Crippen molar-refractivity contribution in [3.63, 3.8) is 0 Å². The Morgan fingerprint density at radius 2 is 1.42 bits per heavy atom. The number of nitrogens with zero attached hydrogens (tertiary/aromatic N) is 4. The number of hydrogen-bond donors (Lipinski definition) is 4. The van der Waals surface area contributed by atoms with Crippen LogP contribution < -0.4 is 10.6 Å². The van der Waals surface area contributed by atoms with Gasteiger partial charge in [-0.2, -0.15) is 0 Å². The van der Waals surface area contributed by atoms with Crippen LogP contribution in [0.2, 0.25) is 0 Å². The molecule has 5 heterocycles. The maximum absolute atomic E-state index is 14.4. The normalized spacial score (nSPS) is 22.2. The second-order valence-corrected chi connectivity index (χ2v) is 18.5. The lowest BCUT2D eigenvalue weighted by Gasteiger charge is -2.36. The molecular formula is C49H60N8O7. The summed E-state index contributed by atoms with van der Waals surface area (Å²) in [5, 5.41) is 7.73. The highest BCUT2D eigenvalue weighted by molar-refractivity contribution is 6.05. The molecule has 0 spiro atoms. The second-order valence-electron chi connectivity index (χ2n) is 18.5. The van der Waals surface area contributed by atoms with Crippen molar-refractivity contribution in [2.24, 2.45) is 11.8 Å². The zero-order chi connectivity index (χ0) is 44.8. The van der Waals surface area contributed by atoms with Gasteiger partial charge in [0.25, 0.3) is 0 Å². The Balaban J connectivity index is 0.971. The number of aromatic nitrogens is 4. The topological polar surface area (TPSA) is 184 Å². The first-order chi connectivity index (χ1) is 30.9. The number of methoxy groups -OCH3 is 2. The highest BCUT2D eigenvalue weighted by Crippen LogP contribution is 2.43. The number of fused-ring (bicyclic) bond motifs is 4. The van der Waals surface area contributed by atoms with Crippen molar-refractivity contribution < 1.29 is 33.4 Å². The zero-order valence-corrected chi connectivity index (χ0v) is 37.7. The van der Waals surface area contributed by atoms with Crippen LogP contribution >= 0.6 is 0 Å². The Morgan fingerprint density at radius 3 is 2.12 bits per heavy atom. The number of imidazole rings is 2. The second kappa shape index (κ2) is 17.9. The van der Waals surface area contributed by atoms with Gasteiger partial charge in [-0.15, -0.1) is 0 Å². The van der Waals surface area contributed by atoms with E-state index in [9.17, 15) is 19.2 Å². The van der Waals surface area contributed by atoms with Crippen molar-refractivity contribution in [3.8, 4) is 22.4 Å². The summed E-state index contributed by atoms with van der Waals surface area (Å²) in [7, 11) is 2.62. The predicted molar refractivity (Wildman–Crippen MR) is 242 cm³/mol. The van der Waals surface area contributed by atoms with Crippen LogP contribution in [0.4, 0.5) is 9.59 Å². The zero-order valence-electron chi connectivity index (χ0n) is 37.7. The number of alkyl carbamates (subject to hydrolysis) is 2. The third-order valence-electron chi connectivity index (χ3n) is 14.3. The molecule has 4 N–H and O–H groups in total. The summed E-state index contributed by atoms with van der Waals surface area (Å²) in [4.78, 5) is 74.0. The van der Waals surface area contributed by atoms with E-state index in [1.54, 1.807) is 0 Å². The van der Waals surface area contributed by atoms with E-state index in [4.69, 9.17) is 24.2 Å². The molecule has 0 saturated carbocycles. The van der Waals surface area contributed by atoms with E-state index >= 15 is 0 Å². The maximum atomic E-state index is 14.4. The molecule has 3 aliphatic heterocycles. The summed E-state index contributed by atoms with van der Waals surface area (Å²) in [5.74, 6) is 1.10. The van der Waals surface area contributed by atoms with Gasteiger partial charge in [0.2, 0.25) is 11.8 Å². The quantitative estimate of drug-likeness (QED) is 0.108. The number of carbonyl (C=O) groups is 4. The summed E-state index contributed by atoms with van der Waals surface area (Å²) in [6, 6.07) is 13.3. The first-order valence-corrected chi connectivity index (χ1v) is 23.0. The molecule has 3 aromatic carbocycles. The monoisotopic (exact) mass is 872 g/mol. The van der Waals surface area contributed by atoms with E-state index in [0.717, 1.165) is 95.2 Å².